The van der Waals surface area contributed by atoms with Gasteiger partial charge in [-0.2, -0.15) is 0 Å². The highest BCUT2D eigenvalue weighted by Gasteiger charge is 2.29. The molecule has 0 fully saturated rings. The molecule has 0 amide bonds. The lowest BCUT2D eigenvalue weighted by Crippen LogP contribution is -2.50. The maximum atomic E-state index is 11.8. The van der Waals surface area contributed by atoms with Crippen LogP contribution in [0.1, 0.15) is 31.2 Å². The van der Waals surface area contributed by atoms with Crippen molar-refractivity contribution in [3.8, 4) is 0 Å². The predicted octanol–water partition coefficient (Wildman–Crippen LogP) is 0.527. The van der Waals surface area contributed by atoms with Crippen LogP contribution in [-0.4, -0.2) is 27.3 Å². The van der Waals surface area contributed by atoms with Crippen LogP contribution in [0, 0.1) is 0 Å². The van der Waals surface area contributed by atoms with Crippen molar-refractivity contribution in [2.24, 2.45) is 4.99 Å². The van der Waals surface area contributed by atoms with E-state index in [0.717, 1.165) is 32.2 Å². The van der Waals surface area contributed by atoms with E-state index in [0.29, 0.717) is 22.8 Å². The molecule has 6 heteroatoms. The molecule has 2 rings (SSSR count). The van der Waals surface area contributed by atoms with E-state index in [4.69, 9.17) is 0 Å². The Hall–Kier alpha value is -1.40. The smallest absolute Gasteiger partial charge is 0.263 e. The molecular formula is C13H20N3O2S+. The van der Waals surface area contributed by atoms with E-state index < -0.39 is 10.0 Å². The largest absolute Gasteiger partial charge is 0.358 e. The molecule has 104 valence electrons. The van der Waals surface area contributed by atoms with E-state index in [2.05, 4.69) is 15.4 Å². The Balaban J connectivity index is 1.99. The molecule has 19 heavy (non-hydrogen) atoms. The Morgan fingerprint density at radius 1 is 1.11 bits per heavy atom. The minimum Gasteiger partial charge on any atom is -0.358 e. The van der Waals surface area contributed by atoms with E-state index in [1.165, 1.54) is 0 Å². The number of nitrogens with one attached hydrogen (secondary N) is 1. The SMILES string of the molecule is [NH3+]CCCCCCN=C1NS(=O)(=O)c2ccccc21. The van der Waals surface area contributed by atoms with E-state index in [1.54, 1.807) is 18.2 Å². The summed E-state index contributed by atoms with van der Waals surface area (Å²) < 4.78 is 26.2. The van der Waals surface area contributed by atoms with Crippen LogP contribution < -0.4 is 10.5 Å². The summed E-state index contributed by atoms with van der Waals surface area (Å²) in [6.45, 7) is 1.63. The highest BCUT2D eigenvalue weighted by molar-refractivity contribution is 7.90. The summed E-state index contributed by atoms with van der Waals surface area (Å²) in [5.41, 5.74) is 4.48. The van der Waals surface area contributed by atoms with Crippen molar-refractivity contribution in [3.63, 3.8) is 0 Å². The zero-order chi connectivity index (χ0) is 13.7. The maximum Gasteiger partial charge on any atom is 0.263 e. The number of amidine groups is 1. The summed E-state index contributed by atoms with van der Waals surface area (Å²) in [5, 5.41) is 0. The van der Waals surface area contributed by atoms with Gasteiger partial charge in [0, 0.05) is 12.1 Å². The first-order valence-electron chi connectivity index (χ1n) is 6.61. The third kappa shape index (κ3) is 3.33. The number of unbranched alkanes of at least 4 members (excludes halogenated alkanes) is 3. The summed E-state index contributed by atoms with van der Waals surface area (Å²) >= 11 is 0. The van der Waals surface area contributed by atoms with E-state index in [-0.39, 0.29) is 0 Å². The van der Waals surface area contributed by atoms with Gasteiger partial charge in [-0.1, -0.05) is 18.6 Å². The average molecular weight is 282 g/mol. The highest BCUT2D eigenvalue weighted by atomic mass is 32.2. The van der Waals surface area contributed by atoms with Crippen LogP contribution in [0.4, 0.5) is 0 Å². The Bertz CT molecular complexity index is 567. The van der Waals surface area contributed by atoms with Gasteiger partial charge in [0.25, 0.3) is 10.0 Å². The Morgan fingerprint density at radius 3 is 2.63 bits per heavy atom. The van der Waals surface area contributed by atoms with Crippen molar-refractivity contribution in [2.75, 3.05) is 13.1 Å². The third-order valence-corrected chi connectivity index (χ3v) is 4.49. The first kappa shape index (κ1) is 14.0. The summed E-state index contributed by atoms with van der Waals surface area (Å²) in [4.78, 5) is 4.69. The molecule has 0 saturated heterocycles. The Kier molecular flexibility index (Phi) is 4.55. The molecule has 1 aliphatic rings. The van der Waals surface area contributed by atoms with Crippen LogP contribution in [0.2, 0.25) is 0 Å². The molecule has 1 aromatic carbocycles. The molecule has 0 saturated carbocycles. The van der Waals surface area contributed by atoms with Gasteiger partial charge in [0.05, 0.1) is 11.4 Å². The number of benzene rings is 1. The van der Waals surface area contributed by atoms with Gasteiger partial charge >= 0.3 is 0 Å². The monoisotopic (exact) mass is 282 g/mol. The number of rotatable bonds is 6. The molecule has 0 atom stereocenters. The van der Waals surface area contributed by atoms with Gasteiger partial charge in [-0.25, -0.2) is 8.42 Å². The Labute approximate surface area is 114 Å². The van der Waals surface area contributed by atoms with Crippen molar-refractivity contribution in [3.05, 3.63) is 29.8 Å². The molecule has 0 aromatic heterocycles. The van der Waals surface area contributed by atoms with Crippen LogP contribution in [0.5, 0.6) is 0 Å². The van der Waals surface area contributed by atoms with E-state index >= 15 is 0 Å². The van der Waals surface area contributed by atoms with Crippen LogP contribution in [0.3, 0.4) is 0 Å². The predicted molar refractivity (Wildman–Crippen MR) is 74.4 cm³/mol. The fraction of sp³-hybridized carbons (Fsp3) is 0.462. The van der Waals surface area contributed by atoms with E-state index in [9.17, 15) is 8.42 Å². The van der Waals surface area contributed by atoms with Gasteiger partial charge in [-0.3, -0.25) is 9.71 Å². The molecule has 1 aliphatic heterocycles. The average Bonchev–Trinajstić information content (AvgIpc) is 2.66. The van der Waals surface area contributed by atoms with Gasteiger partial charge < -0.3 is 5.73 Å². The summed E-state index contributed by atoms with van der Waals surface area (Å²) in [7, 11) is -3.40. The van der Waals surface area contributed by atoms with Crippen LogP contribution in [-0.2, 0) is 10.0 Å². The number of fused-ring (bicyclic) bond motifs is 1. The molecule has 0 bridgehead atoms. The standard InChI is InChI=1S/C13H19N3O2S/c14-9-5-1-2-6-10-15-13-11-7-3-4-8-12(11)19(17,18)16-13/h3-4,7-8H,1-2,5-6,9-10,14H2,(H,15,16)/p+1. The second kappa shape index (κ2) is 6.16. The van der Waals surface area contributed by atoms with Crippen LogP contribution >= 0.6 is 0 Å². The fourth-order valence-electron chi connectivity index (χ4n) is 2.08. The molecule has 1 heterocycles. The molecule has 1 aromatic rings. The van der Waals surface area contributed by atoms with Gasteiger partial charge in [-0.05, 0) is 31.4 Å². The van der Waals surface area contributed by atoms with Gasteiger partial charge in [-0.15, -0.1) is 0 Å². The third-order valence-electron chi connectivity index (χ3n) is 3.09. The summed E-state index contributed by atoms with van der Waals surface area (Å²) in [6, 6.07) is 6.94. The van der Waals surface area contributed by atoms with Crippen molar-refractivity contribution in [1.82, 2.24) is 4.72 Å². The second-order valence-corrected chi connectivity index (χ2v) is 6.25. The lowest BCUT2D eigenvalue weighted by molar-refractivity contribution is -0.368. The zero-order valence-electron chi connectivity index (χ0n) is 10.9. The minimum absolute atomic E-state index is 0.325. The molecule has 0 radical (unpaired) electrons. The van der Waals surface area contributed by atoms with Crippen molar-refractivity contribution in [1.29, 1.82) is 0 Å². The van der Waals surface area contributed by atoms with Gasteiger partial charge in [0.2, 0.25) is 0 Å². The van der Waals surface area contributed by atoms with Crippen molar-refractivity contribution in [2.45, 2.75) is 30.6 Å². The molecule has 0 unspecified atom stereocenters. The van der Waals surface area contributed by atoms with Crippen LogP contribution in [0.25, 0.3) is 0 Å². The number of hydrogen-bond donors (Lipinski definition) is 2. The summed E-state index contributed by atoms with van der Waals surface area (Å²) in [6.07, 6.45) is 4.40. The minimum atomic E-state index is -3.40. The maximum absolute atomic E-state index is 11.8. The molecule has 0 spiro atoms. The number of quaternary nitrogens is 1. The molecular weight excluding hydrogens is 262 g/mol. The number of hydrogen-bond acceptors (Lipinski definition) is 3. The first-order chi connectivity index (χ1) is 9.15. The second-order valence-electron chi connectivity index (χ2n) is 4.60. The first-order valence-corrected chi connectivity index (χ1v) is 8.09. The molecule has 4 N–H and O–H groups in total. The van der Waals surface area contributed by atoms with Gasteiger partial charge in [0.15, 0.2) is 0 Å². The Morgan fingerprint density at radius 2 is 1.84 bits per heavy atom. The van der Waals surface area contributed by atoms with Crippen molar-refractivity contribution >= 4 is 15.9 Å². The zero-order valence-corrected chi connectivity index (χ0v) is 11.7. The summed E-state index contributed by atoms with van der Waals surface area (Å²) in [5.74, 6) is 0.479. The lowest BCUT2D eigenvalue weighted by atomic mass is 10.2. The fourth-order valence-corrected chi connectivity index (χ4v) is 3.34. The van der Waals surface area contributed by atoms with Crippen molar-refractivity contribution < 1.29 is 14.2 Å². The lowest BCUT2D eigenvalue weighted by Gasteiger charge is -1.99. The van der Waals surface area contributed by atoms with Crippen LogP contribution in [0.15, 0.2) is 34.2 Å². The number of aliphatic imine (C=N–C) groups is 1. The quantitative estimate of drug-likeness (QED) is 0.746. The highest BCUT2D eigenvalue weighted by Crippen LogP contribution is 2.22. The van der Waals surface area contributed by atoms with E-state index in [1.807, 2.05) is 6.07 Å². The number of sulfonamides is 1. The molecule has 5 nitrogen and oxygen atoms in total. The van der Waals surface area contributed by atoms with Gasteiger partial charge in [0.1, 0.15) is 5.84 Å². The topological polar surface area (TPSA) is 86.2 Å². The normalized spacial score (nSPS) is 18.3. The number of nitrogens with zero attached hydrogens (tertiary/aromatic N) is 1. The molecule has 0 aliphatic carbocycles.